The van der Waals surface area contributed by atoms with Crippen LogP contribution in [0.5, 0.6) is 0 Å². The molecule has 6 heteroatoms. The fraction of sp³-hybridized carbons (Fsp3) is 0.714. The van der Waals surface area contributed by atoms with Gasteiger partial charge in [-0.15, -0.1) is 0 Å². The highest BCUT2D eigenvalue weighted by molar-refractivity contribution is 5.63. The largest absolute Gasteiger partial charge is 0.369 e. The molecule has 3 rings (SSSR count). The molecule has 2 aliphatic rings. The van der Waals surface area contributed by atoms with Crippen LogP contribution in [0.3, 0.4) is 0 Å². The summed E-state index contributed by atoms with van der Waals surface area (Å²) in [7, 11) is 2.16. The van der Waals surface area contributed by atoms with Gasteiger partial charge in [-0.2, -0.15) is 9.97 Å². The Bertz CT molecular complexity index is 481. The van der Waals surface area contributed by atoms with Gasteiger partial charge in [-0.05, 0) is 19.4 Å². The van der Waals surface area contributed by atoms with Gasteiger partial charge in [-0.25, -0.2) is 0 Å². The highest BCUT2D eigenvalue weighted by atomic mass is 15.3. The van der Waals surface area contributed by atoms with Gasteiger partial charge in [0, 0.05) is 38.3 Å². The van der Waals surface area contributed by atoms with Crippen molar-refractivity contribution >= 4 is 17.6 Å². The van der Waals surface area contributed by atoms with Crippen LogP contribution >= 0.6 is 0 Å². The van der Waals surface area contributed by atoms with Gasteiger partial charge in [0.25, 0.3) is 0 Å². The molecule has 1 unspecified atom stereocenters. The number of nitrogens with two attached hydrogens (primary N) is 1. The standard InChI is InChI=1S/C14H24N6/c1-3-10-8-11-12(16-9-10)17-14(15)18-13(11)20-6-4-19(2)5-7-20/h10H,3-9H2,1-2H3,(H3,15,16,17,18). The van der Waals surface area contributed by atoms with Crippen LogP contribution in [0.4, 0.5) is 17.6 Å². The number of likely N-dealkylation sites (N-methyl/N-ethyl adjacent to an activating group) is 1. The van der Waals surface area contributed by atoms with Crippen LogP contribution in [0.2, 0.25) is 0 Å². The van der Waals surface area contributed by atoms with Crippen LogP contribution in [0.25, 0.3) is 0 Å². The van der Waals surface area contributed by atoms with Gasteiger partial charge in [0.15, 0.2) is 0 Å². The van der Waals surface area contributed by atoms with Gasteiger partial charge in [0.1, 0.15) is 11.6 Å². The first-order valence-electron chi connectivity index (χ1n) is 7.51. The molecule has 20 heavy (non-hydrogen) atoms. The molecule has 0 aliphatic carbocycles. The number of nitrogens with zero attached hydrogens (tertiary/aromatic N) is 4. The summed E-state index contributed by atoms with van der Waals surface area (Å²) < 4.78 is 0. The Morgan fingerprint density at radius 3 is 2.70 bits per heavy atom. The van der Waals surface area contributed by atoms with Gasteiger partial charge in [0.05, 0.1) is 0 Å². The first-order valence-corrected chi connectivity index (χ1v) is 7.51. The molecule has 1 fully saturated rings. The fourth-order valence-corrected chi connectivity index (χ4v) is 2.99. The number of nitrogens with one attached hydrogen (secondary N) is 1. The lowest BCUT2D eigenvalue weighted by molar-refractivity contribution is 0.311. The molecule has 3 heterocycles. The predicted molar refractivity (Wildman–Crippen MR) is 82.1 cm³/mol. The molecule has 110 valence electrons. The summed E-state index contributed by atoms with van der Waals surface area (Å²) in [6.07, 6.45) is 2.24. The van der Waals surface area contributed by atoms with Crippen molar-refractivity contribution in [1.82, 2.24) is 14.9 Å². The maximum Gasteiger partial charge on any atom is 0.223 e. The Labute approximate surface area is 120 Å². The molecule has 1 atom stereocenters. The highest BCUT2D eigenvalue weighted by Crippen LogP contribution is 2.32. The van der Waals surface area contributed by atoms with Gasteiger partial charge < -0.3 is 20.9 Å². The Morgan fingerprint density at radius 2 is 2.00 bits per heavy atom. The van der Waals surface area contributed by atoms with E-state index >= 15 is 0 Å². The second-order valence-electron chi connectivity index (χ2n) is 5.88. The molecular weight excluding hydrogens is 252 g/mol. The molecule has 0 amide bonds. The number of rotatable bonds is 2. The van der Waals surface area contributed by atoms with Crippen molar-refractivity contribution in [3.8, 4) is 0 Å². The summed E-state index contributed by atoms with van der Waals surface area (Å²) in [5.41, 5.74) is 7.14. The van der Waals surface area contributed by atoms with Crippen molar-refractivity contribution in [3.63, 3.8) is 0 Å². The van der Waals surface area contributed by atoms with Crippen molar-refractivity contribution in [2.75, 3.05) is 55.7 Å². The molecule has 1 aromatic rings. The van der Waals surface area contributed by atoms with Crippen molar-refractivity contribution in [2.45, 2.75) is 19.8 Å². The molecule has 3 N–H and O–H groups in total. The third-order valence-electron chi connectivity index (χ3n) is 4.43. The molecular formula is C14H24N6. The van der Waals surface area contributed by atoms with Crippen molar-refractivity contribution in [2.24, 2.45) is 5.92 Å². The number of hydrogen-bond donors (Lipinski definition) is 2. The maximum absolute atomic E-state index is 5.88. The minimum atomic E-state index is 0.375. The van der Waals surface area contributed by atoms with E-state index in [0.29, 0.717) is 11.9 Å². The van der Waals surface area contributed by atoms with E-state index in [1.165, 1.54) is 12.0 Å². The topological polar surface area (TPSA) is 70.3 Å². The monoisotopic (exact) mass is 276 g/mol. The lowest BCUT2D eigenvalue weighted by Crippen LogP contribution is -2.45. The minimum Gasteiger partial charge on any atom is -0.369 e. The fourth-order valence-electron chi connectivity index (χ4n) is 2.99. The zero-order chi connectivity index (χ0) is 14.1. The number of fused-ring (bicyclic) bond motifs is 1. The summed E-state index contributed by atoms with van der Waals surface area (Å²) in [4.78, 5) is 13.6. The average Bonchev–Trinajstić information content (AvgIpc) is 2.47. The number of nitrogen functional groups attached to an aromatic ring is 1. The molecule has 2 aliphatic heterocycles. The van der Waals surface area contributed by atoms with Crippen LogP contribution in [0.1, 0.15) is 18.9 Å². The summed E-state index contributed by atoms with van der Waals surface area (Å²) in [6, 6.07) is 0. The molecule has 1 saturated heterocycles. The first-order chi connectivity index (χ1) is 9.67. The van der Waals surface area contributed by atoms with Crippen LogP contribution in [0, 0.1) is 5.92 Å². The lowest BCUT2D eigenvalue weighted by Gasteiger charge is -2.36. The quantitative estimate of drug-likeness (QED) is 0.833. The van der Waals surface area contributed by atoms with Crippen LogP contribution in [-0.2, 0) is 6.42 Å². The van der Waals surface area contributed by atoms with E-state index < -0.39 is 0 Å². The van der Waals surface area contributed by atoms with E-state index in [4.69, 9.17) is 5.73 Å². The van der Waals surface area contributed by atoms with Gasteiger partial charge in [-0.3, -0.25) is 0 Å². The van der Waals surface area contributed by atoms with Crippen LogP contribution in [-0.4, -0.2) is 54.6 Å². The van der Waals surface area contributed by atoms with Crippen LogP contribution < -0.4 is 16.0 Å². The summed E-state index contributed by atoms with van der Waals surface area (Å²) in [5.74, 6) is 3.03. The molecule has 6 nitrogen and oxygen atoms in total. The van der Waals surface area contributed by atoms with Crippen molar-refractivity contribution < 1.29 is 0 Å². The second-order valence-corrected chi connectivity index (χ2v) is 5.88. The summed E-state index contributed by atoms with van der Waals surface area (Å²) >= 11 is 0. The lowest BCUT2D eigenvalue weighted by atomic mass is 9.94. The van der Waals surface area contributed by atoms with E-state index in [-0.39, 0.29) is 0 Å². The average molecular weight is 276 g/mol. The van der Waals surface area contributed by atoms with Gasteiger partial charge in [-0.1, -0.05) is 13.3 Å². The first kappa shape index (κ1) is 13.4. The Balaban J connectivity index is 1.91. The third-order valence-corrected chi connectivity index (χ3v) is 4.43. The smallest absolute Gasteiger partial charge is 0.223 e. The van der Waals surface area contributed by atoms with Crippen LogP contribution in [0.15, 0.2) is 0 Å². The zero-order valence-electron chi connectivity index (χ0n) is 12.4. The van der Waals surface area contributed by atoms with E-state index in [1.54, 1.807) is 0 Å². The third kappa shape index (κ3) is 2.52. The number of piperazine rings is 1. The SMILES string of the molecule is CCC1CNc2nc(N)nc(N3CCN(C)CC3)c2C1. The molecule has 0 saturated carbocycles. The minimum absolute atomic E-state index is 0.375. The maximum atomic E-state index is 5.88. The number of aromatic nitrogens is 2. The van der Waals surface area contributed by atoms with E-state index in [2.05, 4.69) is 39.1 Å². The Morgan fingerprint density at radius 1 is 1.25 bits per heavy atom. The molecule has 0 radical (unpaired) electrons. The number of hydrogen-bond acceptors (Lipinski definition) is 6. The van der Waals surface area contributed by atoms with E-state index in [9.17, 15) is 0 Å². The van der Waals surface area contributed by atoms with Crippen molar-refractivity contribution in [1.29, 1.82) is 0 Å². The number of anilines is 3. The van der Waals surface area contributed by atoms with Crippen molar-refractivity contribution in [3.05, 3.63) is 5.56 Å². The summed E-state index contributed by atoms with van der Waals surface area (Å²) in [5, 5.41) is 3.42. The molecule has 0 bridgehead atoms. The predicted octanol–water partition coefficient (Wildman–Crippen LogP) is 0.805. The molecule has 0 spiro atoms. The van der Waals surface area contributed by atoms with Gasteiger partial charge in [0.2, 0.25) is 5.95 Å². The van der Waals surface area contributed by atoms with Gasteiger partial charge >= 0.3 is 0 Å². The van der Waals surface area contributed by atoms with E-state index in [0.717, 1.165) is 50.8 Å². The molecule has 0 aromatic carbocycles. The highest BCUT2D eigenvalue weighted by Gasteiger charge is 2.26. The molecule has 1 aromatic heterocycles. The second kappa shape index (κ2) is 5.44. The normalized spacial score (nSPS) is 23.3. The Kier molecular flexibility index (Phi) is 3.65. The van der Waals surface area contributed by atoms with E-state index in [1.807, 2.05) is 0 Å². The Hall–Kier alpha value is -1.56. The zero-order valence-corrected chi connectivity index (χ0v) is 12.4. The summed E-state index contributed by atoms with van der Waals surface area (Å²) in [6.45, 7) is 7.39.